The zero-order chi connectivity index (χ0) is 14.6. The number of benzene rings is 1. The van der Waals surface area contributed by atoms with Crippen molar-refractivity contribution >= 4 is 0 Å². The summed E-state index contributed by atoms with van der Waals surface area (Å²) >= 11 is 0. The molecule has 0 aliphatic heterocycles. The van der Waals surface area contributed by atoms with E-state index in [1.165, 1.54) is 20.1 Å². The third-order valence-electron chi connectivity index (χ3n) is 2.78. The smallest absolute Gasteiger partial charge is 0.390 e. The van der Waals surface area contributed by atoms with E-state index in [0.717, 1.165) is 5.56 Å². The molecule has 6 heteroatoms. The molecule has 0 saturated carbocycles. The Morgan fingerprint density at radius 3 is 2.47 bits per heavy atom. The topological polar surface area (TPSA) is 41.5 Å². The van der Waals surface area contributed by atoms with Gasteiger partial charge in [-0.1, -0.05) is 6.07 Å². The van der Waals surface area contributed by atoms with E-state index < -0.39 is 18.6 Å². The lowest BCUT2D eigenvalue weighted by molar-refractivity contribution is -0.139. The highest BCUT2D eigenvalue weighted by molar-refractivity contribution is 5.42. The average Bonchev–Trinajstić information content (AvgIpc) is 2.26. The first-order valence-electron chi connectivity index (χ1n) is 5.92. The van der Waals surface area contributed by atoms with Gasteiger partial charge in [-0.15, -0.1) is 0 Å². The van der Waals surface area contributed by atoms with Crippen molar-refractivity contribution in [1.29, 1.82) is 0 Å². The summed E-state index contributed by atoms with van der Waals surface area (Å²) in [5.41, 5.74) is 0.753. The lowest BCUT2D eigenvalue weighted by atomic mass is 10.1. The van der Waals surface area contributed by atoms with Gasteiger partial charge in [-0.25, -0.2) is 0 Å². The van der Waals surface area contributed by atoms with Gasteiger partial charge < -0.3 is 15.2 Å². The molecular weight excluding hydrogens is 259 g/mol. The molecule has 2 unspecified atom stereocenters. The van der Waals surface area contributed by atoms with Gasteiger partial charge in [0.25, 0.3) is 0 Å². The Kier molecular flexibility index (Phi) is 5.05. The van der Waals surface area contributed by atoms with Crippen LogP contribution in [-0.2, 0) is 0 Å². The molecule has 1 rings (SSSR count). The molecule has 0 saturated heterocycles. The highest BCUT2D eigenvalue weighted by Crippen LogP contribution is 2.29. The van der Waals surface area contributed by atoms with Crippen molar-refractivity contribution in [2.75, 3.05) is 7.11 Å². The van der Waals surface area contributed by atoms with Gasteiger partial charge in [0.1, 0.15) is 0 Å². The molecule has 0 amide bonds. The Labute approximate surface area is 110 Å². The molecule has 1 aromatic carbocycles. The molecule has 0 aromatic heterocycles. The van der Waals surface area contributed by atoms with Crippen molar-refractivity contribution in [3.63, 3.8) is 0 Å². The number of methoxy groups -OCH3 is 1. The van der Waals surface area contributed by atoms with E-state index in [2.05, 4.69) is 5.32 Å². The predicted molar refractivity (Wildman–Crippen MR) is 66.3 cm³/mol. The van der Waals surface area contributed by atoms with Gasteiger partial charge >= 0.3 is 6.18 Å². The molecule has 3 nitrogen and oxygen atoms in total. The molecule has 0 bridgehead atoms. The van der Waals surface area contributed by atoms with E-state index >= 15 is 0 Å². The van der Waals surface area contributed by atoms with Gasteiger partial charge in [0.15, 0.2) is 11.5 Å². The van der Waals surface area contributed by atoms with Crippen LogP contribution in [0.4, 0.5) is 13.2 Å². The number of ether oxygens (including phenoxy) is 1. The fourth-order valence-corrected chi connectivity index (χ4v) is 1.89. The van der Waals surface area contributed by atoms with Crippen LogP contribution in [0.5, 0.6) is 11.5 Å². The highest BCUT2D eigenvalue weighted by atomic mass is 19.4. The highest BCUT2D eigenvalue weighted by Gasteiger charge is 2.30. The van der Waals surface area contributed by atoms with Crippen molar-refractivity contribution in [3.8, 4) is 11.5 Å². The third-order valence-corrected chi connectivity index (χ3v) is 2.78. The quantitative estimate of drug-likeness (QED) is 0.866. The van der Waals surface area contributed by atoms with E-state index in [9.17, 15) is 18.3 Å². The molecule has 2 N–H and O–H groups in total. The number of aromatic hydroxyl groups is 1. The second kappa shape index (κ2) is 6.14. The fourth-order valence-electron chi connectivity index (χ4n) is 1.89. The standard InChI is InChI=1S/C13H18F3NO2/c1-8(7-13(14,15)16)17-9(2)10-4-5-11(18)12(6-10)19-3/h4-6,8-9,17-18H,7H2,1-3H3. The number of rotatable bonds is 5. The Morgan fingerprint density at radius 2 is 1.95 bits per heavy atom. The minimum absolute atomic E-state index is 0.00166. The molecule has 0 aliphatic rings. The Bertz CT molecular complexity index is 421. The maximum absolute atomic E-state index is 12.2. The van der Waals surface area contributed by atoms with Crippen molar-refractivity contribution in [1.82, 2.24) is 5.32 Å². The average molecular weight is 277 g/mol. The first-order chi connectivity index (χ1) is 8.73. The first kappa shape index (κ1) is 15.6. The summed E-state index contributed by atoms with van der Waals surface area (Å²) < 4.78 is 41.7. The molecule has 19 heavy (non-hydrogen) atoms. The second-order valence-electron chi connectivity index (χ2n) is 4.54. The summed E-state index contributed by atoms with van der Waals surface area (Å²) in [6.45, 7) is 3.25. The monoisotopic (exact) mass is 277 g/mol. The van der Waals surface area contributed by atoms with Gasteiger partial charge in [-0.3, -0.25) is 0 Å². The summed E-state index contributed by atoms with van der Waals surface area (Å²) in [5.74, 6) is 0.302. The predicted octanol–water partition coefficient (Wildman–Crippen LogP) is 3.39. The van der Waals surface area contributed by atoms with Gasteiger partial charge in [0, 0.05) is 12.1 Å². The molecule has 0 aliphatic carbocycles. The molecule has 0 spiro atoms. The van der Waals surface area contributed by atoms with Crippen LogP contribution < -0.4 is 10.1 Å². The maximum atomic E-state index is 12.2. The van der Waals surface area contributed by atoms with E-state index in [1.54, 1.807) is 19.1 Å². The number of phenols is 1. The van der Waals surface area contributed by atoms with Crippen LogP contribution in [0.15, 0.2) is 18.2 Å². The minimum Gasteiger partial charge on any atom is -0.504 e. The fraction of sp³-hybridized carbons (Fsp3) is 0.538. The first-order valence-corrected chi connectivity index (χ1v) is 5.92. The molecule has 0 radical (unpaired) electrons. The molecule has 0 fully saturated rings. The third kappa shape index (κ3) is 4.98. The lowest BCUT2D eigenvalue weighted by Gasteiger charge is -2.22. The van der Waals surface area contributed by atoms with E-state index in [0.29, 0.717) is 5.75 Å². The normalized spacial score (nSPS) is 15.1. The Hall–Kier alpha value is -1.43. The van der Waals surface area contributed by atoms with Crippen molar-refractivity contribution < 1.29 is 23.0 Å². The van der Waals surface area contributed by atoms with Gasteiger partial charge in [-0.2, -0.15) is 13.2 Å². The Balaban J connectivity index is 2.70. The molecule has 2 atom stereocenters. The Morgan fingerprint density at radius 1 is 1.32 bits per heavy atom. The maximum Gasteiger partial charge on any atom is 0.390 e. The zero-order valence-corrected chi connectivity index (χ0v) is 11.1. The largest absolute Gasteiger partial charge is 0.504 e. The van der Waals surface area contributed by atoms with Gasteiger partial charge in [0.2, 0.25) is 0 Å². The molecular formula is C13H18F3NO2. The van der Waals surface area contributed by atoms with Crippen LogP contribution in [0.1, 0.15) is 31.9 Å². The number of alkyl halides is 3. The summed E-state index contributed by atoms with van der Waals surface area (Å²) in [7, 11) is 1.42. The number of hydrogen-bond acceptors (Lipinski definition) is 3. The number of halogens is 3. The van der Waals surface area contributed by atoms with Crippen LogP contribution in [0.3, 0.4) is 0 Å². The van der Waals surface area contributed by atoms with Crippen LogP contribution in [0, 0.1) is 0 Å². The molecule has 108 valence electrons. The summed E-state index contributed by atoms with van der Waals surface area (Å²) in [6, 6.07) is 3.76. The zero-order valence-electron chi connectivity index (χ0n) is 11.1. The van der Waals surface area contributed by atoms with Gasteiger partial charge in [0.05, 0.1) is 13.5 Å². The molecule has 1 aromatic rings. The minimum atomic E-state index is -4.18. The van der Waals surface area contributed by atoms with Gasteiger partial charge in [-0.05, 0) is 31.5 Å². The summed E-state index contributed by atoms with van der Waals surface area (Å²) in [6.07, 6.45) is -5.06. The van der Waals surface area contributed by atoms with Crippen LogP contribution in [0.25, 0.3) is 0 Å². The molecule has 0 heterocycles. The van der Waals surface area contributed by atoms with Crippen molar-refractivity contribution in [2.45, 2.75) is 38.5 Å². The van der Waals surface area contributed by atoms with Crippen LogP contribution >= 0.6 is 0 Å². The van der Waals surface area contributed by atoms with E-state index in [1.807, 2.05) is 0 Å². The van der Waals surface area contributed by atoms with E-state index in [4.69, 9.17) is 4.74 Å². The summed E-state index contributed by atoms with van der Waals surface area (Å²) in [4.78, 5) is 0. The second-order valence-corrected chi connectivity index (χ2v) is 4.54. The van der Waals surface area contributed by atoms with E-state index in [-0.39, 0.29) is 11.8 Å². The number of nitrogens with one attached hydrogen (secondary N) is 1. The van der Waals surface area contributed by atoms with Crippen molar-refractivity contribution in [3.05, 3.63) is 23.8 Å². The van der Waals surface area contributed by atoms with Crippen LogP contribution in [0.2, 0.25) is 0 Å². The van der Waals surface area contributed by atoms with Crippen LogP contribution in [-0.4, -0.2) is 24.4 Å². The SMILES string of the molecule is COc1cc(C(C)NC(C)CC(F)(F)F)ccc1O. The lowest BCUT2D eigenvalue weighted by Crippen LogP contribution is -2.33. The summed E-state index contributed by atoms with van der Waals surface area (Å²) in [5, 5.41) is 12.3. The number of phenolic OH excluding ortho intramolecular Hbond substituents is 1. The number of hydrogen-bond donors (Lipinski definition) is 2. The van der Waals surface area contributed by atoms with Crippen molar-refractivity contribution in [2.24, 2.45) is 0 Å².